The van der Waals surface area contributed by atoms with Gasteiger partial charge in [0.15, 0.2) is 0 Å². The first-order valence-electron chi connectivity index (χ1n) is 11.6. The fourth-order valence-electron chi connectivity index (χ4n) is 5.04. The fraction of sp³-hybridized carbons (Fsp3) is 0.250. The zero-order chi connectivity index (χ0) is 23.7. The van der Waals surface area contributed by atoms with Crippen molar-refractivity contribution in [2.45, 2.75) is 38.5 Å². The minimum absolute atomic E-state index is 0. The van der Waals surface area contributed by atoms with Crippen LogP contribution in [0.2, 0.25) is 0 Å². The third kappa shape index (κ3) is 3.53. The average molecular weight is 642 g/mol. The van der Waals surface area contributed by atoms with Gasteiger partial charge >= 0.3 is 28.1 Å². The standard InChI is InChI=1S/C28H26BN3O2.Pt/c1-27(2)22-14-13-21(18-24(22)32-26(15-16-30-32)28(27,3)4)33-20-10-8-9-19(17-20)29-31(5)23-11-6-7-12-25(23)34-29;/h6-16H,1-5H3;/q-2;+2. The average Bonchev–Trinajstić information content (AvgIpc) is 3.44. The van der Waals surface area contributed by atoms with Crippen LogP contribution in [0.15, 0.2) is 66.9 Å². The summed E-state index contributed by atoms with van der Waals surface area (Å²) in [5, 5.41) is 4.60. The summed E-state index contributed by atoms with van der Waals surface area (Å²) >= 11 is 0. The molecule has 35 heavy (non-hydrogen) atoms. The molecule has 4 aromatic rings. The predicted octanol–water partition coefficient (Wildman–Crippen LogP) is 5.06. The summed E-state index contributed by atoms with van der Waals surface area (Å²) in [5.41, 5.74) is 5.14. The van der Waals surface area contributed by atoms with E-state index in [1.165, 1.54) is 11.3 Å². The van der Waals surface area contributed by atoms with E-state index in [0.29, 0.717) is 11.5 Å². The molecule has 7 heteroatoms. The van der Waals surface area contributed by atoms with E-state index in [1.807, 2.05) is 60.4 Å². The number of anilines is 1. The van der Waals surface area contributed by atoms with Gasteiger partial charge in [0.2, 0.25) is 0 Å². The molecule has 0 saturated carbocycles. The van der Waals surface area contributed by atoms with Gasteiger partial charge in [0, 0.05) is 28.8 Å². The number of hydrogen-bond acceptors (Lipinski definition) is 4. The van der Waals surface area contributed by atoms with E-state index in [2.05, 4.69) is 67.9 Å². The van der Waals surface area contributed by atoms with Crippen LogP contribution in [-0.4, -0.2) is 23.9 Å². The van der Waals surface area contributed by atoms with Gasteiger partial charge in [-0.05, 0) is 36.3 Å². The Labute approximate surface area is 221 Å². The number of hydrogen-bond donors (Lipinski definition) is 0. The molecule has 0 spiro atoms. The summed E-state index contributed by atoms with van der Waals surface area (Å²) in [4.78, 5) is 2.11. The van der Waals surface area contributed by atoms with Gasteiger partial charge in [-0.2, -0.15) is 23.3 Å². The van der Waals surface area contributed by atoms with Crippen LogP contribution in [0.25, 0.3) is 5.69 Å². The summed E-state index contributed by atoms with van der Waals surface area (Å²) in [6.45, 7) is 9.11. The second-order valence-electron chi connectivity index (χ2n) is 10.1. The molecular weight excluding hydrogens is 616 g/mol. The molecule has 0 radical (unpaired) electrons. The maximum atomic E-state index is 6.24. The van der Waals surface area contributed by atoms with E-state index in [0.717, 1.165) is 22.6 Å². The first-order chi connectivity index (χ1) is 16.3. The van der Waals surface area contributed by atoms with Gasteiger partial charge in [-0.3, -0.25) is 4.68 Å². The molecule has 178 valence electrons. The Morgan fingerprint density at radius 2 is 1.66 bits per heavy atom. The number of para-hydroxylation sites is 2. The van der Waals surface area contributed by atoms with Gasteiger partial charge in [-0.15, -0.1) is 35.3 Å². The summed E-state index contributed by atoms with van der Waals surface area (Å²) in [6.07, 6.45) is 1.86. The van der Waals surface area contributed by atoms with Crippen molar-refractivity contribution in [2.75, 3.05) is 11.9 Å². The van der Waals surface area contributed by atoms with Crippen molar-refractivity contribution in [2.24, 2.45) is 0 Å². The molecule has 3 heterocycles. The molecule has 6 rings (SSSR count). The van der Waals surface area contributed by atoms with Gasteiger partial charge in [-0.1, -0.05) is 39.8 Å². The molecule has 3 aromatic carbocycles. The summed E-state index contributed by atoms with van der Waals surface area (Å²) in [5.74, 6) is 2.13. The summed E-state index contributed by atoms with van der Waals surface area (Å²) in [6, 6.07) is 27.0. The molecule has 0 aliphatic carbocycles. The van der Waals surface area contributed by atoms with Gasteiger partial charge < -0.3 is 14.2 Å². The quantitative estimate of drug-likeness (QED) is 0.232. The van der Waals surface area contributed by atoms with Crippen molar-refractivity contribution in [3.8, 4) is 22.9 Å². The predicted molar refractivity (Wildman–Crippen MR) is 135 cm³/mol. The van der Waals surface area contributed by atoms with Crippen LogP contribution in [0, 0.1) is 12.1 Å². The molecule has 0 unspecified atom stereocenters. The number of nitrogens with zero attached hydrogens (tertiary/aromatic N) is 3. The Hall–Kier alpha value is -2.98. The van der Waals surface area contributed by atoms with Crippen molar-refractivity contribution >= 4 is 18.2 Å². The number of fused-ring (bicyclic) bond motifs is 4. The zero-order valence-corrected chi connectivity index (χ0v) is 22.7. The van der Waals surface area contributed by atoms with Crippen LogP contribution in [-0.2, 0) is 31.9 Å². The molecule has 2 aliphatic rings. The number of aromatic nitrogens is 2. The van der Waals surface area contributed by atoms with Gasteiger partial charge in [0.05, 0.1) is 5.69 Å². The van der Waals surface area contributed by atoms with Crippen LogP contribution in [0.4, 0.5) is 5.69 Å². The second kappa shape index (κ2) is 8.31. The van der Waals surface area contributed by atoms with E-state index in [4.69, 9.17) is 9.39 Å². The molecule has 0 amide bonds. The minimum Gasteiger partial charge on any atom is -0.537 e. The van der Waals surface area contributed by atoms with Crippen LogP contribution in [0.5, 0.6) is 17.2 Å². The Morgan fingerprint density at radius 1 is 0.886 bits per heavy atom. The molecule has 2 aliphatic heterocycles. The first-order valence-corrected chi connectivity index (χ1v) is 11.6. The molecule has 0 atom stereocenters. The molecule has 1 aromatic heterocycles. The van der Waals surface area contributed by atoms with Crippen molar-refractivity contribution in [1.82, 2.24) is 9.78 Å². The number of benzene rings is 3. The van der Waals surface area contributed by atoms with E-state index in [1.54, 1.807) is 0 Å². The van der Waals surface area contributed by atoms with E-state index < -0.39 is 0 Å². The molecule has 0 bridgehead atoms. The van der Waals surface area contributed by atoms with Crippen LogP contribution in [0.1, 0.15) is 39.0 Å². The van der Waals surface area contributed by atoms with E-state index in [9.17, 15) is 0 Å². The molecular formula is C28H26BN3O2Pt. The maximum absolute atomic E-state index is 6.24. The van der Waals surface area contributed by atoms with Crippen LogP contribution in [0.3, 0.4) is 0 Å². The molecule has 5 nitrogen and oxygen atoms in total. The number of rotatable bonds is 3. The molecule has 0 N–H and O–H groups in total. The normalized spacial score (nSPS) is 16.5. The Kier molecular flexibility index (Phi) is 5.64. The van der Waals surface area contributed by atoms with Crippen LogP contribution < -0.4 is 19.7 Å². The second-order valence-corrected chi connectivity index (χ2v) is 10.1. The van der Waals surface area contributed by atoms with Crippen molar-refractivity contribution in [3.05, 3.63) is 90.3 Å². The Bertz CT molecular complexity index is 1410. The summed E-state index contributed by atoms with van der Waals surface area (Å²) < 4.78 is 14.4. The van der Waals surface area contributed by atoms with Crippen molar-refractivity contribution in [1.29, 1.82) is 0 Å². The summed E-state index contributed by atoms with van der Waals surface area (Å²) in [7, 11) is 1.78. The minimum atomic E-state index is -0.247. The Morgan fingerprint density at radius 3 is 2.46 bits per heavy atom. The SMILES string of the molecule is CN1B(c2[c-]c(Oc3[c-]c4c(cc3)C(C)(C)C(C)(C)c3ccnn3-4)ccc2)Oc2ccccc21.[Pt+2]. The monoisotopic (exact) mass is 642 g/mol. The van der Waals surface area contributed by atoms with E-state index in [-0.39, 0.29) is 38.9 Å². The van der Waals surface area contributed by atoms with Crippen LogP contribution >= 0.6 is 0 Å². The molecule has 0 fully saturated rings. The van der Waals surface area contributed by atoms with Crippen molar-refractivity contribution < 1.29 is 30.5 Å². The number of ether oxygens (including phenoxy) is 1. The van der Waals surface area contributed by atoms with Gasteiger partial charge in [-0.25, -0.2) is 0 Å². The van der Waals surface area contributed by atoms with Gasteiger partial charge in [0.25, 0.3) is 0 Å². The maximum Gasteiger partial charge on any atom is 2.00 e. The van der Waals surface area contributed by atoms with E-state index >= 15 is 0 Å². The van der Waals surface area contributed by atoms with Crippen molar-refractivity contribution in [3.63, 3.8) is 0 Å². The largest absolute Gasteiger partial charge is 2.00 e. The third-order valence-corrected chi connectivity index (χ3v) is 7.74. The zero-order valence-electron chi connectivity index (χ0n) is 20.4. The topological polar surface area (TPSA) is 39.5 Å². The smallest absolute Gasteiger partial charge is 0.537 e. The molecule has 0 saturated heterocycles. The van der Waals surface area contributed by atoms with Gasteiger partial charge in [0.1, 0.15) is 5.75 Å². The third-order valence-electron chi connectivity index (χ3n) is 7.74. The first kappa shape index (κ1) is 23.8. The fourth-order valence-corrected chi connectivity index (χ4v) is 5.04. The Balaban J connectivity index is 0.00000253.